The Balaban J connectivity index is 0.00000576. The second-order valence-corrected chi connectivity index (χ2v) is 8.15. The molecular weight excluding hydrogens is 373 g/mol. The molecule has 1 atom stereocenters. The van der Waals surface area contributed by atoms with Crippen molar-refractivity contribution < 1.29 is 52.4 Å². The van der Waals surface area contributed by atoms with Crippen molar-refractivity contribution in [3.63, 3.8) is 0 Å². The van der Waals surface area contributed by atoms with E-state index in [4.69, 9.17) is 4.55 Å². The number of hydrogen-bond acceptors (Lipinski definition) is 6. The average Bonchev–Trinajstić information content (AvgIpc) is 2.50. The third kappa shape index (κ3) is 12.6. The molecule has 1 N–H and O–H groups in total. The minimum absolute atomic E-state index is 0. The van der Waals surface area contributed by atoms with Crippen molar-refractivity contribution in [1.82, 2.24) is 0 Å². The van der Waals surface area contributed by atoms with E-state index in [1.807, 2.05) is 30.3 Å². The fourth-order valence-corrected chi connectivity index (χ4v) is 3.16. The van der Waals surface area contributed by atoms with Gasteiger partial charge in [-0.3, -0.25) is 9.35 Å². The number of aryl methyl sites for hydroxylation is 1. The van der Waals surface area contributed by atoms with Crippen molar-refractivity contribution in [2.75, 3.05) is 18.1 Å². The number of carbonyl (C=O) groups is 1. The second kappa shape index (κ2) is 12.9. The summed E-state index contributed by atoms with van der Waals surface area (Å²) in [6.07, 6.45) is 2.16. The van der Waals surface area contributed by atoms with Crippen molar-refractivity contribution in [2.24, 2.45) is 10.9 Å². The Hall–Kier alpha value is -0.380. The SMILES string of the molecule is CC(=O)SCC(CCCc1ccccc1)C([O-])=NCCS(=O)(=O)O.[Na+]. The van der Waals surface area contributed by atoms with Crippen LogP contribution < -0.4 is 34.7 Å². The standard InChI is InChI=1S/C16H23NO5S2.Na/c1-13(18)23-12-15(16(19)17-10-11-24(20,21)22)9-5-8-14-6-3-2-4-7-14;/h2-4,6-7,15H,5,8-12H2,1H3,(H,17,19)(H,20,21,22);/q;+1/p-1. The molecule has 0 heterocycles. The molecule has 0 aromatic heterocycles. The minimum Gasteiger partial charge on any atom is -0.862 e. The van der Waals surface area contributed by atoms with Crippen LogP contribution in [0.1, 0.15) is 25.3 Å². The summed E-state index contributed by atoms with van der Waals surface area (Å²) in [5.74, 6) is -1.09. The van der Waals surface area contributed by atoms with Gasteiger partial charge in [0, 0.05) is 12.7 Å². The zero-order valence-electron chi connectivity index (χ0n) is 14.6. The van der Waals surface area contributed by atoms with E-state index in [0.717, 1.165) is 24.6 Å². The molecule has 0 amide bonds. The molecular formula is C16H22NNaO5S2. The third-order valence-electron chi connectivity index (χ3n) is 3.31. The normalized spacial score (nSPS) is 13.1. The molecule has 25 heavy (non-hydrogen) atoms. The Labute approximate surface area is 175 Å². The van der Waals surface area contributed by atoms with Gasteiger partial charge >= 0.3 is 29.6 Å². The summed E-state index contributed by atoms with van der Waals surface area (Å²) in [7, 11) is -4.13. The Kier molecular flexibility index (Phi) is 12.7. The molecule has 1 aromatic carbocycles. The first-order chi connectivity index (χ1) is 11.3. The molecule has 0 bridgehead atoms. The molecule has 9 heteroatoms. The summed E-state index contributed by atoms with van der Waals surface area (Å²) in [5, 5.41) is 12.0. The summed E-state index contributed by atoms with van der Waals surface area (Å²) in [6.45, 7) is 1.17. The van der Waals surface area contributed by atoms with Crippen LogP contribution in [0.15, 0.2) is 35.3 Å². The topological polar surface area (TPSA) is 107 Å². The number of hydrogen-bond donors (Lipinski definition) is 1. The Bertz CT molecular complexity index is 650. The fourth-order valence-electron chi connectivity index (χ4n) is 2.09. The Morgan fingerprint density at radius 2 is 1.96 bits per heavy atom. The summed E-state index contributed by atoms with van der Waals surface area (Å²) >= 11 is 1.07. The molecule has 0 fully saturated rings. The van der Waals surface area contributed by atoms with Gasteiger partial charge in [0.1, 0.15) is 0 Å². The summed E-state index contributed by atoms with van der Waals surface area (Å²) < 4.78 is 30.0. The molecule has 0 aliphatic heterocycles. The van der Waals surface area contributed by atoms with E-state index in [1.165, 1.54) is 12.5 Å². The Morgan fingerprint density at radius 3 is 2.52 bits per heavy atom. The van der Waals surface area contributed by atoms with Crippen molar-refractivity contribution >= 4 is 32.9 Å². The van der Waals surface area contributed by atoms with Gasteiger partial charge in [-0.1, -0.05) is 42.1 Å². The molecule has 0 aliphatic carbocycles. The van der Waals surface area contributed by atoms with Crippen LogP contribution in [0.3, 0.4) is 0 Å². The van der Waals surface area contributed by atoms with Gasteiger partial charge < -0.3 is 10.1 Å². The number of nitrogens with zero attached hydrogens (tertiary/aromatic N) is 1. The van der Waals surface area contributed by atoms with E-state index < -0.39 is 27.7 Å². The first kappa shape index (κ1) is 24.6. The van der Waals surface area contributed by atoms with Crippen LogP contribution >= 0.6 is 11.8 Å². The quantitative estimate of drug-likeness (QED) is 0.225. The first-order valence-corrected chi connectivity index (χ1v) is 10.2. The van der Waals surface area contributed by atoms with Gasteiger partial charge in [0.05, 0.1) is 12.3 Å². The zero-order chi connectivity index (χ0) is 18.0. The molecule has 0 saturated heterocycles. The van der Waals surface area contributed by atoms with Crippen LogP contribution in [0.5, 0.6) is 0 Å². The van der Waals surface area contributed by atoms with Gasteiger partial charge in [-0.05, 0) is 36.6 Å². The van der Waals surface area contributed by atoms with Crippen LogP contribution in [0, 0.1) is 5.92 Å². The first-order valence-electron chi connectivity index (χ1n) is 7.61. The van der Waals surface area contributed by atoms with E-state index in [2.05, 4.69) is 4.99 Å². The number of carbonyl (C=O) groups excluding carboxylic acids is 1. The van der Waals surface area contributed by atoms with Gasteiger partial charge in [0.15, 0.2) is 5.12 Å². The average molecular weight is 395 g/mol. The van der Waals surface area contributed by atoms with E-state index in [1.54, 1.807) is 0 Å². The van der Waals surface area contributed by atoms with Gasteiger partial charge in [-0.2, -0.15) is 8.42 Å². The number of benzene rings is 1. The van der Waals surface area contributed by atoms with Crippen molar-refractivity contribution in [3.05, 3.63) is 35.9 Å². The molecule has 1 aromatic rings. The summed E-state index contributed by atoms with van der Waals surface area (Å²) in [5.41, 5.74) is 1.17. The smallest absolute Gasteiger partial charge is 0.862 e. The van der Waals surface area contributed by atoms with E-state index in [9.17, 15) is 18.3 Å². The van der Waals surface area contributed by atoms with Crippen LogP contribution in [-0.4, -0.2) is 42.0 Å². The maximum absolute atomic E-state index is 12.1. The molecule has 0 aliphatic rings. The predicted molar refractivity (Wildman–Crippen MR) is 94.7 cm³/mol. The van der Waals surface area contributed by atoms with Crippen LogP contribution in [0.2, 0.25) is 0 Å². The molecule has 0 spiro atoms. The van der Waals surface area contributed by atoms with Gasteiger partial charge in [-0.25, -0.2) is 0 Å². The number of rotatable bonds is 10. The monoisotopic (exact) mass is 395 g/mol. The van der Waals surface area contributed by atoms with Crippen molar-refractivity contribution in [1.29, 1.82) is 0 Å². The van der Waals surface area contributed by atoms with Gasteiger partial charge in [0.25, 0.3) is 10.1 Å². The van der Waals surface area contributed by atoms with Gasteiger partial charge in [-0.15, -0.1) is 0 Å². The molecule has 0 radical (unpaired) electrons. The van der Waals surface area contributed by atoms with Crippen molar-refractivity contribution in [2.45, 2.75) is 26.2 Å². The fraction of sp³-hybridized carbons (Fsp3) is 0.500. The zero-order valence-corrected chi connectivity index (χ0v) is 18.2. The van der Waals surface area contributed by atoms with Crippen molar-refractivity contribution in [3.8, 4) is 0 Å². The van der Waals surface area contributed by atoms with E-state index in [0.29, 0.717) is 12.2 Å². The third-order valence-corrected chi connectivity index (χ3v) is 4.99. The molecule has 1 unspecified atom stereocenters. The Morgan fingerprint density at radius 1 is 1.32 bits per heavy atom. The minimum atomic E-state index is -4.13. The number of thioether (sulfide) groups is 1. The summed E-state index contributed by atoms with van der Waals surface area (Å²) in [6, 6.07) is 9.87. The molecule has 134 valence electrons. The molecule has 6 nitrogen and oxygen atoms in total. The maximum Gasteiger partial charge on any atom is 1.00 e. The number of aliphatic imine (C=N–C) groups is 1. The van der Waals surface area contributed by atoms with E-state index >= 15 is 0 Å². The largest absolute Gasteiger partial charge is 1.00 e. The second-order valence-electron chi connectivity index (χ2n) is 5.38. The predicted octanol–water partition coefficient (Wildman–Crippen LogP) is -1.44. The van der Waals surface area contributed by atoms with E-state index in [-0.39, 0.29) is 41.2 Å². The summed E-state index contributed by atoms with van der Waals surface area (Å²) in [4.78, 5) is 14.8. The van der Waals surface area contributed by atoms with Crippen LogP contribution in [0.4, 0.5) is 0 Å². The molecule has 0 saturated carbocycles. The molecule has 1 rings (SSSR count). The maximum atomic E-state index is 12.1. The van der Waals surface area contributed by atoms with Crippen LogP contribution in [0.25, 0.3) is 0 Å². The van der Waals surface area contributed by atoms with Gasteiger partial charge in [0.2, 0.25) is 0 Å². The van der Waals surface area contributed by atoms with Crippen LogP contribution in [-0.2, 0) is 21.3 Å².